The Morgan fingerprint density at radius 2 is 1.89 bits per heavy atom. The number of aliphatic hydroxyl groups excluding tert-OH is 2. The van der Waals surface area contributed by atoms with Gasteiger partial charge in [0, 0.05) is 22.7 Å². The molecule has 3 saturated carbocycles. The van der Waals surface area contributed by atoms with Crippen molar-refractivity contribution in [2.75, 3.05) is 26.2 Å². The van der Waals surface area contributed by atoms with Gasteiger partial charge >= 0.3 is 5.97 Å². The summed E-state index contributed by atoms with van der Waals surface area (Å²) in [6.45, 7) is 9.72. The number of likely N-dealkylation sites (N-methyl/N-ethyl adjacent to an activating group) is 1. The van der Waals surface area contributed by atoms with Crippen LogP contribution in [0.4, 0.5) is 4.39 Å². The quantitative estimate of drug-likeness (QED) is 0.513. The van der Waals surface area contributed by atoms with Crippen LogP contribution < -0.4 is 0 Å². The molecule has 0 aromatic heterocycles. The highest BCUT2D eigenvalue weighted by molar-refractivity contribution is 6.01. The average molecular weight is 506 g/mol. The largest absolute Gasteiger partial charge is 0.449 e. The van der Waals surface area contributed by atoms with Crippen LogP contribution in [0.3, 0.4) is 0 Å². The number of aliphatic hydroxyl groups is 2. The third kappa shape index (κ3) is 3.43. The maximum absolute atomic E-state index is 17.4. The van der Waals surface area contributed by atoms with E-state index in [2.05, 4.69) is 0 Å². The lowest BCUT2D eigenvalue weighted by atomic mass is 9.44. The summed E-state index contributed by atoms with van der Waals surface area (Å²) in [6.07, 6.45) is 4.28. The number of alkyl halides is 1. The fourth-order valence-electron chi connectivity index (χ4n) is 8.36. The minimum atomic E-state index is -2.04. The lowest BCUT2D eigenvalue weighted by molar-refractivity contribution is -0.228. The smallest absolute Gasteiger partial charge is 0.321 e. The molecule has 3 fully saturated rings. The Bertz CT molecular complexity index is 1010. The van der Waals surface area contributed by atoms with Gasteiger partial charge in [-0.05, 0) is 63.8 Å². The number of ether oxygens (including phenoxy) is 1. The van der Waals surface area contributed by atoms with Gasteiger partial charge in [0.15, 0.2) is 17.1 Å². The summed E-state index contributed by atoms with van der Waals surface area (Å²) < 4.78 is 23.4. The molecule has 7 nitrogen and oxygen atoms in total. The van der Waals surface area contributed by atoms with Gasteiger partial charge in [-0.2, -0.15) is 0 Å². The molecule has 8 heteroatoms. The number of hydrogen-bond donors (Lipinski definition) is 2. The molecule has 2 N–H and O–H groups in total. The van der Waals surface area contributed by atoms with Crippen molar-refractivity contribution in [3.05, 3.63) is 23.8 Å². The number of carbonyl (C=O) groups excluding carboxylic acids is 3. The molecule has 0 spiro atoms. The minimum Gasteiger partial charge on any atom is -0.449 e. The minimum absolute atomic E-state index is 0.00497. The van der Waals surface area contributed by atoms with E-state index in [4.69, 9.17) is 4.74 Å². The van der Waals surface area contributed by atoms with E-state index < -0.39 is 58.4 Å². The average Bonchev–Trinajstić information content (AvgIpc) is 3.05. The van der Waals surface area contributed by atoms with Crippen LogP contribution in [0.1, 0.15) is 60.3 Å². The summed E-state index contributed by atoms with van der Waals surface area (Å²) in [5, 5.41) is 21.5. The van der Waals surface area contributed by atoms with Crippen LogP contribution in [0.25, 0.3) is 0 Å². The lowest BCUT2D eigenvalue weighted by Crippen LogP contribution is -2.70. The van der Waals surface area contributed by atoms with Crippen LogP contribution in [-0.2, 0) is 19.1 Å². The second-order valence-corrected chi connectivity index (χ2v) is 11.7. The Morgan fingerprint density at radius 3 is 2.50 bits per heavy atom. The van der Waals surface area contributed by atoms with Crippen molar-refractivity contribution >= 4 is 17.5 Å². The number of nitrogens with zero attached hydrogens (tertiary/aromatic N) is 1. The predicted octanol–water partition coefficient (Wildman–Crippen LogP) is 2.79. The van der Waals surface area contributed by atoms with Crippen molar-refractivity contribution < 1.29 is 33.7 Å². The highest BCUT2D eigenvalue weighted by Gasteiger charge is 2.77. The van der Waals surface area contributed by atoms with Crippen LogP contribution in [-0.4, -0.2) is 76.3 Å². The summed E-state index contributed by atoms with van der Waals surface area (Å²) in [6, 6.07) is 0. The number of carbonyl (C=O) groups is 3. The molecule has 200 valence electrons. The Morgan fingerprint density at radius 1 is 1.22 bits per heavy atom. The van der Waals surface area contributed by atoms with E-state index in [0.717, 1.165) is 0 Å². The number of rotatable bonds is 7. The summed E-state index contributed by atoms with van der Waals surface area (Å²) in [7, 11) is 0. The topological polar surface area (TPSA) is 104 Å². The molecule has 0 bridgehead atoms. The first kappa shape index (κ1) is 27.1. The molecule has 0 unspecified atom stereocenters. The van der Waals surface area contributed by atoms with E-state index in [0.29, 0.717) is 37.9 Å². The fraction of sp³-hybridized carbons (Fsp3) is 0.750. The lowest BCUT2D eigenvalue weighted by Gasteiger charge is -2.62. The van der Waals surface area contributed by atoms with Crippen molar-refractivity contribution in [3.63, 3.8) is 0 Å². The van der Waals surface area contributed by atoms with Gasteiger partial charge < -0.3 is 14.9 Å². The van der Waals surface area contributed by atoms with Crippen LogP contribution in [0.5, 0.6) is 0 Å². The summed E-state index contributed by atoms with van der Waals surface area (Å²) in [5.74, 6) is -2.77. The second-order valence-electron chi connectivity index (χ2n) is 11.7. The molecule has 4 aliphatic rings. The summed E-state index contributed by atoms with van der Waals surface area (Å²) in [4.78, 5) is 40.5. The van der Waals surface area contributed by atoms with Gasteiger partial charge in [-0.25, -0.2) is 4.39 Å². The van der Waals surface area contributed by atoms with Gasteiger partial charge in [0.05, 0.1) is 12.6 Å². The van der Waals surface area contributed by atoms with Crippen LogP contribution in [0.2, 0.25) is 0 Å². The molecule has 36 heavy (non-hydrogen) atoms. The normalized spacial score (nSPS) is 43.5. The first-order valence-corrected chi connectivity index (χ1v) is 13.2. The molecular formula is C28H40FNO6. The predicted molar refractivity (Wildman–Crippen MR) is 132 cm³/mol. The van der Waals surface area contributed by atoms with E-state index in [1.807, 2.05) is 32.6 Å². The zero-order valence-corrected chi connectivity index (χ0v) is 22.1. The van der Waals surface area contributed by atoms with Crippen LogP contribution in [0.15, 0.2) is 23.8 Å². The second kappa shape index (κ2) is 9.14. The number of fused-ring (bicyclic) bond motifs is 5. The molecule has 0 heterocycles. The van der Waals surface area contributed by atoms with E-state index in [1.165, 1.54) is 12.2 Å². The third-order valence-electron chi connectivity index (χ3n) is 10.3. The zero-order chi connectivity index (χ0) is 26.7. The summed E-state index contributed by atoms with van der Waals surface area (Å²) in [5.41, 5.74) is -5.21. The molecule has 0 radical (unpaired) electrons. The monoisotopic (exact) mass is 505 g/mol. The molecule has 0 aliphatic heterocycles. The number of Topliss-reactive ketones (excluding diaryl/α,β-unsaturated/α-hetero) is 1. The van der Waals surface area contributed by atoms with Gasteiger partial charge in [-0.1, -0.05) is 39.3 Å². The molecule has 8 atom stereocenters. The zero-order valence-electron chi connectivity index (χ0n) is 22.1. The van der Waals surface area contributed by atoms with Crippen LogP contribution >= 0.6 is 0 Å². The highest BCUT2D eigenvalue weighted by atomic mass is 19.1. The van der Waals surface area contributed by atoms with Crippen LogP contribution in [0, 0.1) is 28.6 Å². The van der Waals surface area contributed by atoms with Crippen molar-refractivity contribution in [3.8, 4) is 0 Å². The Kier molecular flexibility index (Phi) is 6.89. The van der Waals surface area contributed by atoms with Crippen molar-refractivity contribution in [2.45, 2.75) is 77.7 Å². The van der Waals surface area contributed by atoms with Gasteiger partial charge in [-0.15, -0.1) is 0 Å². The van der Waals surface area contributed by atoms with Gasteiger partial charge in [0.25, 0.3) is 0 Å². The number of ketones is 2. The van der Waals surface area contributed by atoms with E-state index in [-0.39, 0.29) is 24.7 Å². The molecule has 0 saturated heterocycles. The van der Waals surface area contributed by atoms with E-state index in [9.17, 15) is 24.6 Å². The molecule has 4 aliphatic carbocycles. The molecule has 0 amide bonds. The SMILES string of the molecule is CCN(CC)CC(=O)O[C@]1(C(=O)CO)[C@H](C)C[C@H]2[C@@H]3CCC4=CC(=O)C=C[C@]4(C)[C@@]3(F)[C@@H](O)C[C@@]21C. The fourth-order valence-corrected chi connectivity index (χ4v) is 8.36. The van der Waals surface area contributed by atoms with E-state index >= 15 is 4.39 Å². The van der Waals surface area contributed by atoms with Gasteiger partial charge in [0.1, 0.15) is 6.61 Å². The number of halogens is 1. The number of esters is 1. The first-order chi connectivity index (χ1) is 16.8. The van der Waals surface area contributed by atoms with Gasteiger partial charge in [0.2, 0.25) is 5.78 Å². The van der Waals surface area contributed by atoms with Crippen molar-refractivity contribution in [1.29, 1.82) is 0 Å². The molecule has 0 aromatic rings. The Balaban J connectivity index is 1.78. The Hall–Kier alpha value is -1.90. The number of allylic oxidation sites excluding steroid dienone is 4. The van der Waals surface area contributed by atoms with Gasteiger partial charge in [-0.3, -0.25) is 19.3 Å². The first-order valence-electron chi connectivity index (χ1n) is 13.2. The third-order valence-corrected chi connectivity index (χ3v) is 10.3. The van der Waals surface area contributed by atoms with E-state index in [1.54, 1.807) is 13.0 Å². The molecule has 0 aromatic carbocycles. The van der Waals surface area contributed by atoms with Crippen molar-refractivity contribution in [1.82, 2.24) is 4.90 Å². The number of hydrogen-bond acceptors (Lipinski definition) is 7. The molecule has 4 rings (SSSR count). The Labute approximate surface area is 212 Å². The maximum Gasteiger partial charge on any atom is 0.321 e. The maximum atomic E-state index is 17.4. The highest BCUT2D eigenvalue weighted by Crippen LogP contribution is 2.71. The molecular weight excluding hydrogens is 465 g/mol. The van der Waals surface area contributed by atoms with Crippen molar-refractivity contribution in [2.24, 2.45) is 28.6 Å². The standard InChI is InChI=1S/C28H40FNO6/c1-6-30(7-2)15-24(35)36-28(23(34)16-31)17(3)12-21-20-9-8-18-13-19(32)10-11-25(18,4)27(20,29)22(33)14-26(21,28)5/h10-11,13,17,20-22,31,33H,6-9,12,14-16H2,1-5H3/t17-,20+,21+,22+,25+,26+,27+,28+/m1/s1. The summed E-state index contributed by atoms with van der Waals surface area (Å²) >= 11 is 0.